The van der Waals surface area contributed by atoms with Crippen LogP contribution in [0.25, 0.3) is 71.3 Å². The molecule has 0 bridgehead atoms. The third-order valence-corrected chi connectivity index (χ3v) is 10.6. The molecule has 0 radical (unpaired) electrons. The van der Waals surface area contributed by atoms with Gasteiger partial charge in [-0.25, -0.2) is 0 Å². The van der Waals surface area contributed by atoms with Crippen LogP contribution >= 0.6 is 0 Å². The van der Waals surface area contributed by atoms with Crippen molar-refractivity contribution in [1.82, 2.24) is 4.57 Å². The van der Waals surface area contributed by atoms with E-state index in [2.05, 4.69) is 204 Å². The van der Waals surface area contributed by atoms with Gasteiger partial charge >= 0.3 is 0 Å². The second kappa shape index (κ2) is 12.6. The first-order valence-electron chi connectivity index (χ1n) is 18.1. The molecular formula is C50H36N2. The van der Waals surface area contributed by atoms with Gasteiger partial charge in [0.05, 0.1) is 11.0 Å². The molecule has 2 nitrogen and oxygen atoms in total. The van der Waals surface area contributed by atoms with E-state index in [9.17, 15) is 0 Å². The maximum Gasteiger partial charge on any atom is 0.0558 e. The molecule has 0 saturated carbocycles. The lowest BCUT2D eigenvalue weighted by Gasteiger charge is -2.26. The highest BCUT2D eigenvalue weighted by Crippen LogP contribution is 2.41. The Morgan fingerprint density at radius 2 is 1.00 bits per heavy atom. The van der Waals surface area contributed by atoms with Crippen LogP contribution in [-0.4, -0.2) is 4.57 Å². The zero-order valence-electron chi connectivity index (χ0n) is 28.8. The summed E-state index contributed by atoms with van der Waals surface area (Å²) in [5.74, 6) is 0. The Labute approximate surface area is 303 Å². The number of hydrogen-bond donors (Lipinski definition) is 0. The molecule has 246 valence electrons. The minimum Gasteiger partial charge on any atom is -0.313 e. The molecule has 0 saturated heterocycles. The summed E-state index contributed by atoms with van der Waals surface area (Å²) in [6, 6.07) is 64.4. The highest BCUT2D eigenvalue weighted by Gasteiger charge is 2.19. The Balaban J connectivity index is 1.06. The molecule has 10 rings (SSSR count). The van der Waals surface area contributed by atoms with Gasteiger partial charge in [-0.1, -0.05) is 127 Å². The average molecular weight is 665 g/mol. The summed E-state index contributed by atoms with van der Waals surface area (Å²) in [7, 11) is 0. The first kappa shape index (κ1) is 30.2. The maximum absolute atomic E-state index is 2.47. The van der Waals surface area contributed by atoms with Crippen LogP contribution < -0.4 is 4.90 Å². The Hall–Kier alpha value is -6.64. The van der Waals surface area contributed by atoms with Crippen LogP contribution in [0.3, 0.4) is 0 Å². The van der Waals surface area contributed by atoms with E-state index >= 15 is 0 Å². The number of rotatable bonds is 6. The molecule has 52 heavy (non-hydrogen) atoms. The summed E-state index contributed by atoms with van der Waals surface area (Å²) in [5.41, 5.74) is 12.1. The molecule has 0 N–H and O–H groups in total. The zero-order valence-corrected chi connectivity index (χ0v) is 28.8. The SMILES string of the molecule is C1=CCCC(n2c3ccccc3c3ccc(N(c4ccccc4)c4cccc(-c5ccc6cc(-c7ccc8ccccc8c7)ccc6c5)c4)cc32)=C1. The van der Waals surface area contributed by atoms with Crippen LogP contribution in [0, 0.1) is 0 Å². The molecule has 0 fully saturated rings. The van der Waals surface area contributed by atoms with Crippen LogP contribution in [0.1, 0.15) is 12.8 Å². The van der Waals surface area contributed by atoms with Crippen molar-refractivity contribution in [2.24, 2.45) is 0 Å². The van der Waals surface area contributed by atoms with E-state index in [-0.39, 0.29) is 0 Å². The van der Waals surface area contributed by atoms with Crippen molar-refractivity contribution in [2.75, 3.05) is 4.90 Å². The van der Waals surface area contributed by atoms with E-state index < -0.39 is 0 Å². The van der Waals surface area contributed by atoms with Crippen molar-refractivity contribution in [2.45, 2.75) is 12.8 Å². The lowest BCUT2D eigenvalue weighted by atomic mass is 9.96. The van der Waals surface area contributed by atoms with Crippen LogP contribution in [0.5, 0.6) is 0 Å². The first-order chi connectivity index (χ1) is 25.8. The predicted molar refractivity (Wildman–Crippen MR) is 223 cm³/mol. The second-order valence-corrected chi connectivity index (χ2v) is 13.7. The van der Waals surface area contributed by atoms with Crippen LogP contribution in [0.2, 0.25) is 0 Å². The maximum atomic E-state index is 2.47. The number of para-hydroxylation sites is 2. The van der Waals surface area contributed by atoms with E-state index in [1.807, 2.05) is 0 Å². The molecule has 1 aromatic heterocycles. The number of fused-ring (bicyclic) bond motifs is 5. The third kappa shape index (κ3) is 5.28. The summed E-state index contributed by atoms with van der Waals surface area (Å²) < 4.78 is 2.47. The minimum atomic E-state index is 1.02. The molecule has 9 aromatic rings. The molecule has 0 unspecified atom stereocenters. The topological polar surface area (TPSA) is 8.17 Å². The van der Waals surface area contributed by atoms with Crippen molar-refractivity contribution < 1.29 is 0 Å². The fraction of sp³-hybridized carbons (Fsp3) is 0.0400. The molecule has 1 heterocycles. The van der Waals surface area contributed by atoms with Gasteiger partial charge in [0.1, 0.15) is 0 Å². The molecule has 1 aliphatic rings. The highest BCUT2D eigenvalue weighted by molar-refractivity contribution is 6.11. The number of nitrogens with zero attached hydrogens (tertiary/aromatic N) is 2. The Kier molecular flexibility index (Phi) is 7.32. The first-order valence-corrected chi connectivity index (χ1v) is 18.1. The monoisotopic (exact) mass is 664 g/mol. The van der Waals surface area contributed by atoms with E-state index in [4.69, 9.17) is 0 Å². The third-order valence-electron chi connectivity index (χ3n) is 10.6. The summed E-state index contributed by atoms with van der Waals surface area (Å²) in [6.45, 7) is 0. The van der Waals surface area contributed by atoms with Crippen LogP contribution in [0.15, 0.2) is 194 Å². The van der Waals surface area contributed by atoms with E-state index in [1.54, 1.807) is 0 Å². The predicted octanol–water partition coefficient (Wildman–Crippen LogP) is 14.1. The van der Waals surface area contributed by atoms with Gasteiger partial charge in [0.15, 0.2) is 0 Å². The zero-order chi connectivity index (χ0) is 34.4. The Bertz CT molecular complexity index is 2850. The molecule has 0 atom stereocenters. The molecular weight excluding hydrogens is 629 g/mol. The summed E-state index contributed by atoms with van der Waals surface area (Å²) >= 11 is 0. The fourth-order valence-corrected chi connectivity index (χ4v) is 8.01. The lowest BCUT2D eigenvalue weighted by molar-refractivity contribution is 0.979. The Morgan fingerprint density at radius 3 is 1.75 bits per heavy atom. The van der Waals surface area contributed by atoms with Gasteiger partial charge in [-0.3, -0.25) is 0 Å². The van der Waals surface area contributed by atoms with Gasteiger partial charge in [-0.2, -0.15) is 0 Å². The van der Waals surface area contributed by atoms with Crippen molar-refractivity contribution in [3.05, 3.63) is 194 Å². The van der Waals surface area contributed by atoms with Gasteiger partial charge in [-0.15, -0.1) is 0 Å². The second-order valence-electron chi connectivity index (χ2n) is 13.7. The summed E-state index contributed by atoms with van der Waals surface area (Å²) in [4.78, 5) is 2.39. The lowest BCUT2D eigenvalue weighted by Crippen LogP contribution is -2.10. The highest BCUT2D eigenvalue weighted by atomic mass is 15.1. The number of aromatic nitrogens is 1. The molecule has 2 heteroatoms. The summed E-state index contributed by atoms with van der Waals surface area (Å²) in [6.07, 6.45) is 8.81. The number of allylic oxidation sites excluding steroid dienone is 4. The van der Waals surface area contributed by atoms with Crippen LogP contribution in [-0.2, 0) is 0 Å². The standard InChI is InChI=1S/C50H36N2/c1-3-15-43(16-4-1)51(46-28-29-48-47-20-9-10-21-49(47)52(50(48)34-46)44-17-5-2-6-18-44)45-19-11-14-37(33-45)38-24-25-42-32-41(27-26-40(42)31-38)39-23-22-35-12-7-8-13-36(35)30-39/h1-5,7-17,19-34H,6,18H2. The van der Waals surface area contributed by atoms with Crippen molar-refractivity contribution in [1.29, 1.82) is 0 Å². The quantitative estimate of drug-likeness (QED) is 0.172. The van der Waals surface area contributed by atoms with Crippen molar-refractivity contribution >= 4 is 66.1 Å². The number of benzene rings is 8. The van der Waals surface area contributed by atoms with Gasteiger partial charge in [0.25, 0.3) is 0 Å². The summed E-state index contributed by atoms with van der Waals surface area (Å²) in [5, 5.41) is 7.57. The number of hydrogen-bond acceptors (Lipinski definition) is 1. The molecule has 0 amide bonds. The Morgan fingerprint density at radius 1 is 0.404 bits per heavy atom. The van der Waals surface area contributed by atoms with Crippen molar-refractivity contribution in [3.63, 3.8) is 0 Å². The molecule has 0 aliphatic heterocycles. The smallest absolute Gasteiger partial charge is 0.0558 e. The van der Waals surface area contributed by atoms with Crippen LogP contribution in [0.4, 0.5) is 17.1 Å². The normalized spacial score (nSPS) is 12.9. The van der Waals surface area contributed by atoms with E-state index in [0.717, 1.165) is 29.9 Å². The molecule has 1 aliphatic carbocycles. The molecule has 8 aromatic carbocycles. The van der Waals surface area contributed by atoms with E-state index in [0.29, 0.717) is 0 Å². The van der Waals surface area contributed by atoms with Gasteiger partial charge in [-0.05, 0) is 123 Å². The van der Waals surface area contributed by atoms with Gasteiger partial charge in [0, 0.05) is 33.5 Å². The fourth-order valence-electron chi connectivity index (χ4n) is 8.01. The van der Waals surface area contributed by atoms with Gasteiger partial charge in [0.2, 0.25) is 0 Å². The largest absolute Gasteiger partial charge is 0.313 e. The van der Waals surface area contributed by atoms with Crippen molar-refractivity contribution in [3.8, 4) is 22.3 Å². The van der Waals surface area contributed by atoms with E-state index in [1.165, 1.54) is 71.3 Å². The average Bonchev–Trinajstić information content (AvgIpc) is 3.55. The minimum absolute atomic E-state index is 1.02. The van der Waals surface area contributed by atoms with Gasteiger partial charge < -0.3 is 9.47 Å². The molecule has 0 spiro atoms. The number of anilines is 3.